The van der Waals surface area contributed by atoms with Gasteiger partial charge >= 0.3 is 24.1 Å². The molecule has 2 aliphatic rings. The Kier molecular flexibility index (Phi) is 8.29. The van der Waals surface area contributed by atoms with Crippen LogP contribution in [-0.2, 0) is 28.7 Å². The van der Waals surface area contributed by atoms with Crippen molar-refractivity contribution in [3.63, 3.8) is 0 Å². The zero-order valence-corrected chi connectivity index (χ0v) is 19.6. The first-order valence-electron chi connectivity index (χ1n) is 10.6. The standard InChI is InChI=1S/C20H34N4O8/c1-19(2,3)29-17(27)23(11-13-7-21-8-13)31-15(25)16(26)32-24(12-14-9-22-10-14)18(28)30-20(4,5)6/h13-14,21-22H,7-12H2,1-6H3. The molecule has 0 radical (unpaired) electrons. The first-order chi connectivity index (χ1) is 14.7. The lowest BCUT2D eigenvalue weighted by molar-refractivity contribution is -0.213. The van der Waals surface area contributed by atoms with Crippen molar-refractivity contribution in [2.75, 3.05) is 39.3 Å². The zero-order chi connectivity index (χ0) is 24.1. The van der Waals surface area contributed by atoms with E-state index < -0.39 is 35.3 Å². The average Bonchev–Trinajstić information content (AvgIpc) is 2.55. The normalized spacial score (nSPS) is 16.8. The van der Waals surface area contributed by atoms with E-state index in [0.717, 1.165) is 0 Å². The summed E-state index contributed by atoms with van der Waals surface area (Å²) in [5, 5.41) is 7.49. The molecule has 0 aromatic carbocycles. The number of carbonyl (C=O) groups is 4. The number of hydrogen-bond donors (Lipinski definition) is 2. The van der Waals surface area contributed by atoms with E-state index in [4.69, 9.17) is 19.1 Å². The lowest BCUT2D eigenvalue weighted by Crippen LogP contribution is -2.52. The fourth-order valence-electron chi connectivity index (χ4n) is 2.62. The number of nitrogens with zero attached hydrogens (tertiary/aromatic N) is 2. The second kappa shape index (κ2) is 10.3. The van der Waals surface area contributed by atoms with Crippen molar-refractivity contribution >= 4 is 24.1 Å². The van der Waals surface area contributed by atoms with E-state index in [1.165, 1.54) is 0 Å². The van der Waals surface area contributed by atoms with Crippen molar-refractivity contribution in [3.8, 4) is 0 Å². The van der Waals surface area contributed by atoms with Gasteiger partial charge in [-0.05, 0) is 41.5 Å². The van der Waals surface area contributed by atoms with Gasteiger partial charge in [0.15, 0.2) is 0 Å². The molecule has 2 N–H and O–H groups in total. The Morgan fingerprint density at radius 3 is 1.22 bits per heavy atom. The molecule has 2 amide bonds. The first-order valence-corrected chi connectivity index (χ1v) is 10.6. The molecule has 0 aromatic rings. The van der Waals surface area contributed by atoms with E-state index in [1.54, 1.807) is 41.5 Å². The maximum Gasteiger partial charge on any atom is 0.444 e. The van der Waals surface area contributed by atoms with Gasteiger partial charge in [0.2, 0.25) is 0 Å². The van der Waals surface area contributed by atoms with Crippen molar-refractivity contribution in [2.45, 2.75) is 52.7 Å². The van der Waals surface area contributed by atoms with Crippen LogP contribution >= 0.6 is 0 Å². The Balaban J connectivity index is 2.01. The number of carbonyl (C=O) groups excluding carboxylic acids is 4. The minimum absolute atomic E-state index is 0.0377. The number of amides is 2. The Morgan fingerprint density at radius 2 is 1.00 bits per heavy atom. The van der Waals surface area contributed by atoms with Gasteiger partial charge in [-0.1, -0.05) is 0 Å². The largest absolute Gasteiger partial charge is 0.444 e. The van der Waals surface area contributed by atoms with Gasteiger partial charge in [0.05, 0.1) is 13.1 Å². The van der Waals surface area contributed by atoms with E-state index in [-0.39, 0.29) is 24.9 Å². The second-order valence-corrected chi connectivity index (χ2v) is 9.89. The van der Waals surface area contributed by atoms with Gasteiger partial charge in [-0.15, -0.1) is 10.1 Å². The van der Waals surface area contributed by atoms with Crippen LogP contribution in [0.4, 0.5) is 9.59 Å². The van der Waals surface area contributed by atoms with E-state index in [9.17, 15) is 19.2 Å². The predicted octanol–water partition coefficient (Wildman–Crippen LogP) is 0.816. The number of hydrogen-bond acceptors (Lipinski definition) is 10. The molecule has 0 aromatic heterocycles. The zero-order valence-electron chi connectivity index (χ0n) is 19.6. The van der Waals surface area contributed by atoms with Crippen LogP contribution in [0.15, 0.2) is 0 Å². The van der Waals surface area contributed by atoms with E-state index in [0.29, 0.717) is 36.3 Å². The van der Waals surface area contributed by atoms with Crippen LogP contribution in [-0.4, -0.2) is 84.7 Å². The maximum atomic E-state index is 12.4. The monoisotopic (exact) mass is 458 g/mol. The van der Waals surface area contributed by atoms with Gasteiger partial charge < -0.3 is 29.8 Å². The molecule has 2 saturated heterocycles. The number of rotatable bonds is 4. The third-order valence-corrected chi connectivity index (χ3v) is 4.33. The van der Waals surface area contributed by atoms with Crippen LogP contribution < -0.4 is 10.6 Å². The lowest BCUT2D eigenvalue weighted by atomic mass is 10.0. The van der Waals surface area contributed by atoms with Gasteiger partial charge in [0, 0.05) is 38.0 Å². The van der Waals surface area contributed by atoms with Crippen molar-refractivity contribution in [1.82, 2.24) is 20.8 Å². The van der Waals surface area contributed by atoms with Gasteiger partial charge in [-0.2, -0.15) is 0 Å². The lowest BCUT2D eigenvalue weighted by Gasteiger charge is -2.33. The van der Waals surface area contributed by atoms with Crippen LogP contribution in [0, 0.1) is 11.8 Å². The van der Waals surface area contributed by atoms with Crippen LogP contribution in [0.3, 0.4) is 0 Å². The molecule has 0 bridgehead atoms. The summed E-state index contributed by atoms with van der Waals surface area (Å²) in [6, 6.07) is 0. The summed E-state index contributed by atoms with van der Waals surface area (Å²) in [6.45, 7) is 12.6. The highest BCUT2D eigenvalue weighted by Gasteiger charge is 2.36. The highest BCUT2D eigenvalue weighted by Crippen LogP contribution is 2.16. The highest BCUT2D eigenvalue weighted by atomic mass is 16.8. The van der Waals surface area contributed by atoms with Gasteiger partial charge in [-0.3, -0.25) is 0 Å². The number of ether oxygens (including phenoxy) is 2. The molecular weight excluding hydrogens is 424 g/mol. The third kappa shape index (κ3) is 8.50. The Hall–Kier alpha value is -2.60. The summed E-state index contributed by atoms with van der Waals surface area (Å²) < 4.78 is 10.5. The second-order valence-electron chi connectivity index (χ2n) is 9.89. The Bertz CT molecular complexity index is 647. The van der Waals surface area contributed by atoms with E-state index >= 15 is 0 Å². The minimum atomic E-state index is -1.46. The van der Waals surface area contributed by atoms with Gasteiger partial charge in [0.1, 0.15) is 11.2 Å². The SMILES string of the molecule is CC(C)(C)OC(=O)N(CC1CNC1)OC(=O)C(=O)ON(CC1CNC1)C(=O)OC(C)(C)C. The van der Waals surface area contributed by atoms with Crippen molar-refractivity contribution in [2.24, 2.45) is 11.8 Å². The average molecular weight is 459 g/mol. The summed E-state index contributed by atoms with van der Waals surface area (Å²) in [7, 11) is 0. The molecule has 12 heteroatoms. The summed E-state index contributed by atoms with van der Waals surface area (Å²) in [5.41, 5.74) is -1.66. The maximum absolute atomic E-state index is 12.4. The molecule has 0 saturated carbocycles. The van der Waals surface area contributed by atoms with Gasteiger partial charge in [0.25, 0.3) is 0 Å². The third-order valence-electron chi connectivity index (χ3n) is 4.33. The van der Waals surface area contributed by atoms with Crippen molar-refractivity contribution in [3.05, 3.63) is 0 Å². The van der Waals surface area contributed by atoms with Crippen molar-refractivity contribution in [1.29, 1.82) is 0 Å². The van der Waals surface area contributed by atoms with E-state index in [1.807, 2.05) is 0 Å². The Labute approximate surface area is 187 Å². The summed E-state index contributed by atoms with van der Waals surface area (Å²) in [5.74, 6) is -2.83. The highest BCUT2D eigenvalue weighted by molar-refractivity contribution is 6.29. The fraction of sp³-hybridized carbons (Fsp3) is 0.800. The molecule has 182 valence electrons. The molecule has 2 aliphatic heterocycles. The van der Waals surface area contributed by atoms with Crippen LogP contribution in [0.5, 0.6) is 0 Å². The van der Waals surface area contributed by atoms with Crippen LogP contribution in [0.1, 0.15) is 41.5 Å². The summed E-state index contributed by atoms with van der Waals surface area (Å²) in [6.07, 6.45) is -1.81. The molecule has 0 spiro atoms. The number of nitrogens with one attached hydrogen (secondary N) is 2. The smallest absolute Gasteiger partial charge is 0.442 e. The molecule has 0 aliphatic carbocycles. The number of hydroxylamine groups is 4. The molecule has 0 atom stereocenters. The summed E-state index contributed by atoms with van der Waals surface area (Å²) >= 11 is 0. The molecule has 12 nitrogen and oxygen atoms in total. The fourth-order valence-corrected chi connectivity index (χ4v) is 2.62. The van der Waals surface area contributed by atoms with Crippen LogP contribution in [0.2, 0.25) is 0 Å². The quantitative estimate of drug-likeness (QED) is 0.460. The molecular formula is C20H34N4O8. The summed E-state index contributed by atoms with van der Waals surface area (Å²) in [4.78, 5) is 59.6. The van der Waals surface area contributed by atoms with E-state index in [2.05, 4.69) is 10.6 Å². The van der Waals surface area contributed by atoms with Crippen LogP contribution in [0.25, 0.3) is 0 Å². The van der Waals surface area contributed by atoms with Crippen molar-refractivity contribution < 1.29 is 38.3 Å². The molecule has 2 rings (SSSR count). The minimum Gasteiger partial charge on any atom is -0.442 e. The molecule has 2 fully saturated rings. The molecule has 32 heavy (non-hydrogen) atoms. The van der Waals surface area contributed by atoms with Gasteiger partial charge in [-0.25, -0.2) is 19.2 Å². The Morgan fingerprint density at radius 1 is 0.688 bits per heavy atom. The predicted molar refractivity (Wildman–Crippen MR) is 111 cm³/mol. The first kappa shape index (κ1) is 25.7. The molecule has 0 unspecified atom stereocenters. The molecule has 2 heterocycles. The topological polar surface area (TPSA) is 136 Å².